The van der Waals surface area contributed by atoms with E-state index in [0.717, 1.165) is 37.8 Å². The number of hydrogen-bond donors (Lipinski definition) is 1. The molecule has 0 bridgehead atoms. The van der Waals surface area contributed by atoms with Crippen LogP contribution in [0.2, 0.25) is 0 Å². The summed E-state index contributed by atoms with van der Waals surface area (Å²) in [5.41, 5.74) is 2.38. The Morgan fingerprint density at radius 3 is 2.17 bits per heavy atom. The maximum atomic E-state index is 10.3. The normalized spacial score (nSPS) is 18.1. The number of nitrogens with zero attached hydrogens (tertiary/aromatic N) is 2. The molecule has 136 valence electrons. The SMILES string of the molecule is Cc1cc(C)cc(OCC(O)CN2CCN(CCC(C)C)CC2)c1. The van der Waals surface area contributed by atoms with Gasteiger partial charge >= 0.3 is 0 Å². The van der Waals surface area contributed by atoms with Crippen molar-refractivity contribution >= 4 is 0 Å². The molecule has 0 saturated carbocycles. The first-order valence-corrected chi connectivity index (χ1v) is 9.26. The second-order valence-electron chi connectivity index (χ2n) is 7.61. The lowest BCUT2D eigenvalue weighted by Gasteiger charge is -2.35. The van der Waals surface area contributed by atoms with Gasteiger partial charge in [0.1, 0.15) is 18.5 Å². The first-order valence-electron chi connectivity index (χ1n) is 9.26. The summed E-state index contributed by atoms with van der Waals surface area (Å²) < 4.78 is 5.77. The van der Waals surface area contributed by atoms with Gasteiger partial charge in [0.25, 0.3) is 0 Å². The number of β-amino-alcohol motifs (C(OH)–C–C–N with tert-alkyl or cyclic N) is 1. The third-order valence-electron chi connectivity index (χ3n) is 4.59. The molecule has 0 amide bonds. The summed E-state index contributed by atoms with van der Waals surface area (Å²) in [7, 11) is 0. The number of benzene rings is 1. The Morgan fingerprint density at radius 1 is 1.00 bits per heavy atom. The van der Waals surface area contributed by atoms with Crippen LogP contribution >= 0.6 is 0 Å². The fraction of sp³-hybridized carbons (Fsp3) is 0.700. The van der Waals surface area contributed by atoms with Crippen molar-refractivity contribution in [3.8, 4) is 5.75 Å². The van der Waals surface area contributed by atoms with Gasteiger partial charge in [0.05, 0.1) is 0 Å². The van der Waals surface area contributed by atoms with Crippen LogP contribution in [-0.2, 0) is 0 Å². The van der Waals surface area contributed by atoms with Crippen molar-refractivity contribution in [2.24, 2.45) is 5.92 Å². The van der Waals surface area contributed by atoms with E-state index in [2.05, 4.69) is 43.6 Å². The van der Waals surface area contributed by atoms with Crippen LogP contribution in [-0.4, -0.2) is 66.9 Å². The molecule has 1 fully saturated rings. The fourth-order valence-corrected chi connectivity index (χ4v) is 3.20. The van der Waals surface area contributed by atoms with E-state index in [1.807, 2.05) is 12.1 Å². The van der Waals surface area contributed by atoms with Crippen LogP contribution in [0.15, 0.2) is 18.2 Å². The molecular weight excluding hydrogens is 300 g/mol. The minimum atomic E-state index is -0.437. The Hall–Kier alpha value is -1.10. The fourth-order valence-electron chi connectivity index (χ4n) is 3.20. The van der Waals surface area contributed by atoms with Crippen molar-refractivity contribution in [3.63, 3.8) is 0 Å². The highest BCUT2D eigenvalue weighted by Crippen LogP contribution is 2.16. The molecule has 1 atom stereocenters. The summed E-state index contributed by atoms with van der Waals surface area (Å²) in [5, 5.41) is 10.3. The second-order valence-corrected chi connectivity index (χ2v) is 7.61. The smallest absolute Gasteiger partial charge is 0.119 e. The van der Waals surface area contributed by atoms with Crippen molar-refractivity contribution in [1.82, 2.24) is 9.80 Å². The standard InChI is InChI=1S/C20H34N2O2/c1-16(2)5-6-21-7-9-22(10-8-21)14-19(23)15-24-20-12-17(3)11-18(4)13-20/h11-13,16,19,23H,5-10,14-15H2,1-4H3. The molecule has 2 rings (SSSR count). The summed E-state index contributed by atoms with van der Waals surface area (Å²) in [4.78, 5) is 4.89. The summed E-state index contributed by atoms with van der Waals surface area (Å²) >= 11 is 0. The van der Waals surface area contributed by atoms with Crippen molar-refractivity contribution in [2.45, 2.75) is 40.2 Å². The van der Waals surface area contributed by atoms with Gasteiger partial charge in [-0.25, -0.2) is 0 Å². The monoisotopic (exact) mass is 334 g/mol. The van der Waals surface area contributed by atoms with E-state index in [9.17, 15) is 5.11 Å². The molecule has 1 aromatic rings. The molecule has 1 aromatic carbocycles. The predicted octanol–water partition coefficient (Wildman–Crippen LogP) is 2.71. The van der Waals surface area contributed by atoms with Crippen LogP contribution in [0, 0.1) is 19.8 Å². The molecular formula is C20H34N2O2. The van der Waals surface area contributed by atoms with Gasteiger partial charge in [0.2, 0.25) is 0 Å². The lowest BCUT2D eigenvalue weighted by atomic mass is 10.1. The average Bonchev–Trinajstić information content (AvgIpc) is 2.51. The quantitative estimate of drug-likeness (QED) is 0.793. The molecule has 4 heteroatoms. The Kier molecular flexibility index (Phi) is 7.53. The van der Waals surface area contributed by atoms with Crippen LogP contribution in [0.4, 0.5) is 0 Å². The minimum absolute atomic E-state index is 0.358. The Labute approximate surface area is 147 Å². The first kappa shape index (κ1) is 19.2. The van der Waals surface area contributed by atoms with Crippen LogP contribution in [0.1, 0.15) is 31.4 Å². The predicted molar refractivity (Wildman–Crippen MR) is 99.8 cm³/mol. The molecule has 1 unspecified atom stereocenters. The number of aryl methyl sites for hydroxylation is 2. The number of hydrogen-bond acceptors (Lipinski definition) is 4. The van der Waals surface area contributed by atoms with Crippen LogP contribution in [0.5, 0.6) is 5.75 Å². The third-order valence-corrected chi connectivity index (χ3v) is 4.59. The number of aliphatic hydroxyl groups excluding tert-OH is 1. The number of aliphatic hydroxyl groups is 1. The molecule has 0 radical (unpaired) electrons. The zero-order chi connectivity index (χ0) is 17.5. The summed E-state index contributed by atoms with van der Waals surface area (Å²) in [6, 6.07) is 6.17. The van der Waals surface area contributed by atoms with Crippen molar-refractivity contribution < 1.29 is 9.84 Å². The van der Waals surface area contributed by atoms with Gasteiger partial charge in [0, 0.05) is 32.7 Å². The van der Waals surface area contributed by atoms with Gasteiger partial charge < -0.3 is 14.7 Å². The van der Waals surface area contributed by atoms with Gasteiger partial charge in [-0.3, -0.25) is 4.90 Å². The lowest BCUT2D eigenvalue weighted by molar-refractivity contribution is 0.0453. The lowest BCUT2D eigenvalue weighted by Crippen LogP contribution is -2.49. The molecule has 1 N–H and O–H groups in total. The molecule has 4 nitrogen and oxygen atoms in total. The van der Waals surface area contributed by atoms with Gasteiger partial charge in [-0.1, -0.05) is 19.9 Å². The number of ether oxygens (including phenoxy) is 1. The zero-order valence-corrected chi connectivity index (χ0v) is 15.8. The molecule has 1 aliphatic heterocycles. The van der Waals surface area contributed by atoms with Crippen molar-refractivity contribution in [3.05, 3.63) is 29.3 Å². The van der Waals surface area contributed by atoms with E-state index in [0.29, 0.717) is 13.2 Å². The molecule has 0 aromatic heterocycles. The molecule has 1 heterocycles. The largest absolute Gasteiger partial charge is 0.491 e. The van der Waals surface area contributed by atoms with Crippen molar-refractivity contribution in [2.75, 3.05) is 45.9 Å². The van der Waals surface area contributed by atoms with Crippen LogP contribution in [0.25, 0.3) is 0 Å². The highest BCUT2D eigenvalue weighted by atomic mass is 16.5. The van der Waals surface area contributed by atoms with E-state index in [1.165, 1.54) is 24.1 Å². The first-order chi connectivity index (χ1) is 11.4. The average molecular weight is 335 g/mol. The van der Waals surface area contributed by atoms with Gasteiger partial charge in [-0.05, 0) is 56.0 Å². The molecule has 1 saturated heterocycles. The van der Waals surface area contributed by atoms with Gasteiger partial charge in [0.15, 0.2) is 0 Å². The third kappa shape index (κ3) is 6.80. The topological polar surface area (TPSA) is 35.9 Å². The van der Waals surface area contributed by atoms with E-state index < -0.39 is 6.10 Å². The maximum Gasteiger partial charge on any atom is 0.119 e. The summed E-state index contributed by atoms with van der Waals surface area (Å²) in [6.45, 7) is 15.2. The zero-order valence-electron chi connectivity index (χ0n) is 15.8. The van der Waals surface area contributed by atoms with E-state index in [4.69, 9.17) is 4.74 Å². The Morgan fingerprint density at radius 2 is 1.58 bits per heavy atom. The molecule has 1 aliphatic rings. The maximum absolute atomic E-state index is 10.3. The van der Waals surface area contributed by atoms with Gasteiger partial charge in [-0.2, -0.15) is 0 Å². The summed E-state index contributed by atoms with van der Waals surface area (Å²) in [5.74, 6) is 1.62. The van der Waals surface area contributed by atoms with Crippen LogP contribution in [0.3, 0.4) is 0 Å². The summed E-state index contributed by atoms with van der Waals surface area (Å²) in [6.07, 6.45) is 0.833. The molecule has 0 spiro atoms. The minimum Gasteiger partial charge on any atom is -0.491 e. The Bertz CT molecular complexity index is 476. The van der Waals surface area contributed by atoms with E-state index in [1.54, 1.807) is 0 Å². The van der Waals surface area contributed by atoms with E-state index >= 15 is 0 Å². The van der Waals surface area contributed by atoms with E-state index in [-0.39, 0.29) is 0 Å². The number of piperazine rings is 1. The Balaban J connectivity index is 1.67. The van der Waals surface area contributed by atoms with Gasteiger partial charge in [-0.15, -0.1) is 0 Å². The van der Waals surface area contributed by atoms with Crippen LogP contribution < -0.4 is 4.74 Å². The second kappa shape index (κ2) is 9.40. The van der Waals surface area contributed by atoms with Crippen molar-refractivity contribution in [1.29, 1.82) is 0 Å². The molecule has 24 heavy (non-hydrogen) atoms. The highest BCUT2D eigenvalue weighted by molar-refractivity contribution is 5.32. The number of rotatable bonds is 8. The highest BCUT2D eigenvalue weighted by Gasteiger charge is 2.19. The molecule has 0 aliphatic carbocycles.